The van der Waals surface area contributed by atoms with Crippen molar-refractivity contribution in [3.05, 3.63) is 84.1 Å². The van der Waals surface area contributed by atoms with Crippen LogP contribution in [-0.4, -0.2) is 25.6 Å². The Morgan fingerprint density at radius 1 is 0.963 bits per heavy atom. The quantitative estimate of drug-likeness (QED) is 0.460. The predicted molar refractivity (Wildman–Crippen MR) is 106 cm³/mol. The molecule has 0 heterocycles. The second-order valence-electron chi connectivity index (χ2n) is 6.39. The third-order valence-corrected chi connectivity index (χ3v) is 4.10. The van der Waals surface area contributed by atoms with E-state index in [1.807, 2.05) is 86.7 Å². The van der Waals surface area contributed by atoms with Gasteiger partial charge in [0.25, 0.3) is 0 Å². The monoisotopic (exact) mass is 366 g/mol. The highest BCUT2D eigenvalue weighted by atomic mass is 16.7. The van der Waals surface area contributed by atoms with Crippen LogP contribution in [-0.2, 0) is 9.47 Å². The average molecular weight is 366 g/mol. The van der Waals surface area contributed by atoms with Crippen molar-refractivity contribution in [2.45, 2.75) is 32.7 Å². The lowest BCUT2D eigenvalue weighted by Crippen LogP contribution is -2.21. The lowest BCUT2D eigenvalue weighted by molar-refractivity contribution is -0.0877. The normalized spacial score (nSPS) is 17.3. The van der Waals surface area contributed by atoms with E-state index >= 15 is 0 Å². The van der Waals surface area contributed by atoms with Gasteiger partial charge in [0.2, 0.25) is 0 Å². The molecule has 3 rings (SSSR count). The summed E-state index contributed by atoms with van der Waals surface area (Å²) in [6.45, 7) is 4.93. The number of ether oxygens (including phenoxy) is 4. The summed E-state index contributed by atoms with van der Waals surface area (Å²) in [6.07, 6.45) is 6.53. The molecule has 0 aliphatic heterocycles. The van der Waals surface area contributed by atoms with E-state index in [1.165, 1.54) is 5.56 Å². The lowest BCUT2D eigenvalue weighted by atomic mass is 10.1. The highest BCUT2D eigenvalue weighted by Gasteiger charge is 2.11. The van der Waals surface area contributed by atoms with Crippen LogP contribution >= 0.6 is 0 Å². The number of para-hydroxylation sites is 1. The number of hydrogen-bond donors (Lipinski definition) is 0. The largest absolute Gasteiger partial charge is 0.465 e. The van der Waals surface area contributed by atoms with Crippen LogP contribution in [0.25, 0.3) is 0 Å². The van der Waals surface area contributed by atoms with E-state index in [-0.39, 0.29) is 12.4 Å². The fourth-order valence-electron chi connectivity index (χ4n) is 2.66. The molecule has 0 fully saturated rings. The Labute approximate surface area is 161 Å². The lowest BCUT2D eigenvalue weighted by Gasteiger charge is -2.19. The van der Waals surface area contributed by atoms with Crippen LogP contribution in [0.1, 0.15) is 18.9 Å². The maximum absolute atomic E-state index is 5.83. The number of aryl methyl sites for hydroxylation is 1. The number of allylic oxidation sites excluding steroid dienone is 1. The Morgan fingerprint density at radius 2 is 1.74 bits per heavy atom. The third-order valence-electron chi connectivity index (χ3n) is 4.10. The van der Waals surface area contributed by atoms with Crippen LogP contribution in [0.15, 0.2) is 78.6 Å². The molecule has 0 N–H and O–H groups in total. The van der Waals surface area contributed by atoms with Gasteiger partial charge in [-0.15, -0.1) is 0 Å². The summed E-state index contributed by atoms with van der Waals surface area (Å²) in [5, 5.41) is 0. The maximum Gasteiger partial charge on any atom is 0.197 e. The molecule has 2 aromatic carbocycles. The van der Waals surface area contributed by atoms with Crippen molar-refractivity contribution >= 4 is 0 Å². The Balaban J connectivity index is 1.31. The van der Waals surface area contributed by atoms with Gasteiger partial charge in [0.1, 0.15) is 17.3 Å². The number of hydrogen-bond acceptors (Lipinski definition) is 4. The van der Waals surface area contributed by atoms with Gasteiger partial charge >= 0.3 is 0 Å². The summed E-state index contributed by atoms with van der Waals surface area (Å²) >= 11 is 0. The van der Waals surface area contributed by atoms with E-state index in [2.05, 4.69) is 0 Å². The van der Waals surface area contributed by atoms with Crippen molar-refractivity contribution in [1.29, 1.82) is 0 Å². The maximum atomic E-state index is 5.83. The fourth-order valence-corrected chi connectivity index (χ4v) is 2.66. The summed E-state index contributed by atoms with van der Waals surface area (Å²) in [7, 11) is 0. The van der Waals surface area contributed by atoms with Gasteiger partial charge in [-0.3, -0.25) is 0 Å². The summed E-state index contributed by atoms with van der Waals surface area (Å²) in [6, 6.07) is 17.7. The van der Waals surface area contributed by atoms with E-state index in [4.69, 9.17) is 18.9 Å². The first-order chi connectivity index (χ1) is 13.2. The highest BCUT2D eigenvalue weighted by Crippen LogP contribution is 2.19. The van der Waals surface area contributed by atoms with Crippen LogP contribution < -0.4 is 9.47 Å². The first-order valence-electron chi connectivity index (χ1n) is 9.27. The Hall–Kier alpha value is -2.56. The molecule has 142 valence electrons. The fraction of sp³-hybridized carbons (Fsp3) is 0.304. The van der Waals surface area contributed by atoms with Crippen molar-refractivity contribution in [3.8, 4) is 11.5 Å². The molecule has 0 saturated heterocycles. The van der Waals surface area contributed by atoms with Gasteiger partial charge in [0, 0.05) is 0 Å². The van der Waals surface area contributed by atoms with Crippen molar-refractivity contribution < 1.29 is 18.9 Å². The molecule has 0 spiro atoms. The average Bonchev–Trinajstić information content (AvgIpc) is 2.69. The topological polar surface area (TPSA) is 36.9 Å². The van der Waals surface area contributed by atoms with E-state index in [0.717, 1.165) is 23.7 Å². The van der Waals surface area contributed by atoms with Crippen molar-refractivity contribution in [3.63, 3.8) is 0 Å². The molecule has 1 aliphatic carbocycles. The minimum atomic E-state index is -0.316. The van der Waals surface area contributed by atoms with Crippen LogP contribution in [0.4, 0.5) is 0 Å². The Morgan fingerprint density at radius 3 is 2.44 bits per heavy atom. The SMILES string of the molecule is Cc1ccc(OC(C)OCCOC2C=CC(Oc3ccccc3)=CC2)cc1. The molecule has 2 atom stereocenters. The zero-order chi connectivity index (χ0) is 18.9. The highest BCUT2D eigenvalue weighted by molar-refractivity contribution is 5.28. The first kappa shape index (κ1) is 19.2. The van der Waals surface area contributed by atoms with Gasteiger partial charge in [0.05, 0.1) is 19.3 Å². The molecule has 0 bridgehead atoms. The number of benzene rings is 2. The van der Waals surface area contributed by atoms with E-state index in [9.17, 15) is 0 Å². The minimum Gasteiger partial charge on any atom is -0.465 e. The Kier molecular flexibility index (Phi) is 7.08. The molecular weight excluding hydrogens is 340 g/mol. The molecule has 0 amide bonds. The molecule has 2 aromatic rings. The standard InChI is InChI=1S/C23H26O4/c1-18-8-10-22(11-9-18)26-19(2)24-16-17-25-20-12-14-23(15-13-20)27-21-6-4-3-5-7-21/h3-12,14-15,19-20H,13,16-17H2,1-2H3. The number of rotatable bonds is 9. The molecule has 1 aliphatic rings. The van der Waals surface area contributed by atoms with Crippen LogP contribution in [0, 0.1) is 6.92 Å². The van der Waals surface area contributed by atoms with Crippen LogP contribution in [0.5, 0.6) is 11.5 Å². The van der Waals surface area contributed by atoms with Gasteiger partial charge < -0.3 is 18.9 Å². The van der Waals surface area contributed by atoms with Crippen molar-refractivity contribution in [2.24, 2.45) is 0 Å². The summed E-state index contributed by atoms with van der Waals surface area (Å²) in [4.78, 5) is 0. The second kappa shape index (κ2) is 9.95. The zero-order valence-corrected chi connectivity index (χ0v) is 15.8. The molecule has 0 aromatic heterocycles. The third kappa shape index (κ3) is 6.59. The van der Waals surface area contributed by atoms with Crippen LogP contribution in [0.2, 0.25) is 0 Å². The van der Waals surface area contributed by atoms with Crippen molar-refractivity contribution in [2.75, 3.05) is 13.2 Å². The zero-order valence-electron chi connectivity index (χ0n) is 15.8. The molecule has 4 nitrogen and oxygen atoms in total. The van der Waals surface area contributed by atoms with Gasteiger partial charge in [0.15, 0.2) is 6.29 Å². The predicted octanol–water partition coefficient (Wildman–Crippen LogP) is 5.04. The van der Waals surface area contributed by atoms with Gasteiger partial charge in [-0.2, -0.15) is 0 Å². The minimum absolute atomic E-state index is 0.0463. The smallest absolute Gasteiger partial charge is 0.197 e. The molecule has 0 saturated carbocycles. The van der Waals surface area contributed by atoms with E-state index < -0.39 is 0 Å². The molecule has 4 heteroatoms. The van der Waals surface area contributed by atoms with Crippen molar-refractivity contribution in [1.82, 2.24) is 0 Å². The van der Waals surface area contributed by atoms with E-state index in [0.29, 0.717) is 13.2 Å². The Bertz CT molecular complexity index is 750. The first-order valence-corrected chi connectivity index (χ1v) is 9.27. The van der Waals surface area contributed by atoms with Gasteiger partial charge in [-0.1, -0.05) is 42.0 Å². The van der Waals surface area contributed by atoms with Gasteiger partial charge in [-0.25, -0.2) is 0 Å². The molecule has 2 unspecified atom stereocenters. The molecule has 0 radical (unpaired) electrons. The molecule has 27 heavy (non-hydrogen) atoms. The summed E-state index contributed by atoms with van der Waals surface area (Å²) in [5.41, 5.74) is 1.20. The second-order valence-corrected chi connectivity index (χ2v) is 6.39. The summed E-state index contributed by atoms with van der Waals surface area (Å²) < 4.78 is 23.0. The van der Waals surface area contributed by atoms with E-state index in [1.54, 1.807) is 0 Å². The molecular formula is C23H26O4. The van der Waals surface area contributed by atoms with Crippen LogP contribution in [0.3, 0.4) is 0 Å². The summed E-state index contributed by atoms with van der Waals surface area (Å²) in [5.74, 6) is 2.49. The van der Waals surface area contributed by atoms with Gasteiger partial charge in [-0.05, 0) is 56.7 Å².